The Hall–Kier alpha value is -2.34. The summed E-state index contributed by atoms with van der Waals surface area (Å²) in [6.07, 6.45) is 3.55. The molecule has 1 aliphatic heterocycles. The minimum Gasteiger partial charge on any atom is -0.326 e. The van der Waals surface area contributed by atoms with Crippen LogP contribution >= 0.6 is 11.8 Å². The molecule has 2 aromatic carbocycles. The zero-order valence-corrected chi connectivity index (χ0v) is 16.1. The van der Waals surface area contributed by atoms with Gasteiger partial charge < -0.3 is 5.32 Å². The van der Waals surface area contributed by atoms with E-state index in [4.69, 9.17) is 0 Å². The van der Waals surface area contributed by atoms with Crippen molar-refractivity contribution in [1.29, 1.82) is 0 Å². The lowest BCUT2D eigenvalue weighted by molar-refractivity contribution is -0.116. The van der Waals surface area contributed by atoms with E-state index >= 15 is 0 Å². The van der Waals surface area contributed by atoms with E-state index in [9.17, 15) is 14.0 Å². The minimum atomic E-state index is -0.364. The van der Waals surface area contributed by atoms with Gasteiger partial charge in [0.25, 0.3) is 0 Å². The van der Waals surface area contributed by atoms with E-state index in [1.165, 1.54) is 23.9 Å². The van der Waals surface area contributed by atoms with Crippen molar-refractivity contribution in [1.82, 2.24) is 0 Å². The Morgan fingerprint density at radius 1 is 1.22 bits per heavy atom. The van der Waals surface area contributed by atoms with Gasteiger partial charge in [-0.2, -0.15) is 0 Å². The Kier molecular flexibility index (Phi) is 6.50. The van der Waals surface area contributed by atoms with E-state index in [0.29, 0.717) is 17.9 Å². The molecular formula is C21H23FN2O2S. The molecule has 1 unspecified atom stereocenters. The minimum absolute atomic E-state index is 0.0167. The van der Waals surface area contributed by atoms with Crippen molar-refractivity contribution < 1.29 is 14.0 Å². The molecule has 1 saturated heterocycles. The van der Waals surface area contributed by atoms with Crippen LogP contribution in [0.15, 0.2) is 48.5 Å². The van der Waals surface area contributed by atoms with Crippen LogP contribution in [-0.2, 0) is 9.59 Å². The second-order valence-corrected chi connectivity index (χ2v) is 7.60. The fourth-order valence-electron chi connectivity index (χ4n) is 3.07. The predicted octanol–water partition coefficient (Wildman–Crippen LogP) is 5.12. The molecule has 1 atom stereocenters. The van der Waals surface area contributed by atoms with Crippen LogP contribution < -0.4 is 10.2 Å². The summed E-state index contributed by atoms with van der Waals surface area (Å²) < 4.78 is 13.6. The lowest BCUT2D eigenvalue weighted by Crippen LogP contribution is -2.27. The highest BCUT2D eigenvalue weighted by Gasteiger charge is 2.34. The smallest absolute Gasteiger partial charge is 0.238 e. The SMILES string of the molecule is CCCCCC(=O)Nc1ccc(C2SCC(=O)N2c2cccc(F)c2)cc1. The summed E-state index contributed by atoms with van der Waals surface area (Å²) in [5.74, 6) is -0.0270. The number of carbonyl (C=O) groups is 2. The van der Waals surface area contributed by atoms with Gasteiger partial charge in [0.1, 0.15) is 11.2 Å². The van der Waals surface area contributed by atoms with Crippen LogP contribution in [0.1, 0.15) is 43.5 Å². The van der Waals surface area contributed by atoms with Crippen molar-refractivity contribution in [3.63, 3.8) is 0 Å². The molecule has 0 bridgehead atoms. The Bertz CT molecular complexity index is 810. The van der Waals surface area contributed by atoms with Crippen molar-refractivity contribution in [2.24, 2.45) is 0 Å². The number of carbonyl (C=O) groups excluding carboxylic acids is 2. The van der Waals surface area contributed by atoms with Gasteiger partial charge >= 0.3 is 0 Å². The monoisotopic (exact) mass is 386 g/mol. The topological polar surface area (TPSA) is 49.4 Å². The van der Waals surface area contributed by atoms with E-state index in [1.807, 2.05) is 24.3 Å². The second-order valence-electron chi connectivity index (χ2n) is 6.53. The number of nitrogens with zero attached hydrogens (tertiary/aromatic N) is 1. The fourth-order valence-corrected chi connectivity index (χ4v) is 4.24. The Morgan fingerprint density at radius 2 is 2.00 bits per heavy atom. The molecule has 4 nitrogen and oxygen atoms in total. The van der Waals surface area contributed by atoms with Gasteiger partial charge in [0.05, 0.1) is 5.75 Å². The van der Waals surface area contributed by atoms with Crippen LogP contribution in [0.3, 0.4) is 0 Å². The van der Waals surface area contributed by atoms with Crippen LogP contribution in [0.4, 0.5) is 15.8 Å². The number of unbranched alkanes of at least 4 members (excludes halogenated alkanes) is 2. The van der Waals surface area contributed by atoms with Gasteiger partial charge in [-0.25, -0.2) is 4.39 Å². The number of rotatable bonds is 7. The summed E-state index contributed by atoms with van der Waals surface area (Å²) in [4.78, 5) is 25.9. The first-order chi connectivity index (χ1) is 13.1. The predicted molar refractivity (Wildman–Crippen MR) is 108 cm³/mol. The average Bonchev–Trinajstić information content (AvgIpc) is 3.04. The number of hydrogen-bond donors (Lipinski definition) is 1. The molecule has 2 amide bonds. The van der Waals surface area contributed by atoms with E-state index in [1.54, 1.807) is 17.0 Å². The van der Waals surface area contributed by atoms with E-state index in [-0.39, 0.29) is 23.0 Å². The maximum Gasteiger partial charge on any atom is 0.238 e. The third-order valence-corrected chi connectivity index (χ3v) is 5.65. The summed E-state index contributed by atoms with van der Waals surface area (Å²) in [6, 6.07) is 13.6. The first-order valence-corrected chi connectivity index (χ1v) is 10.2. The first kappa shape index (κ1) is 19.4. The zero-order valence-electron chi connectivity index (χ0n) is 15.3. The maximum absolute atomic E-state index is 13.6. The van der Waals surface area contributed by atoms with E-state index < -0.39 is 0 Å². The van der Waals surface area contributed by atoms with Gasteiger partial charge in [0.2, 0.25) is 11.8 Å². The highest BCUT2D eigenvalue weighted by molar-refractivity contribution is 8.00. The normalized spacial score (nSPS) is 16.6. The van der Waals surface area contributed by atoms with Crippen molar-refractivity contribution in [2.75, 3.05) is 16.0 Å². The van der Waals surface area contributed by atoms with Crippen molar-refractivity contribution >= 4 is 35.0 Å². The zero-order chi connectivity index (χ0) is 19.2. The Labute approximate surface area is 163 Å². The lowest BCUT2D eigenvalue weighted by atomic mass is 10.1. The third-order valence-electron chi connectivity index (χ3n) is 4.44. The third kappa shape index (κ3) is 4.89. The van der Waals surface area contributed by atoms with Gasteiger partial charge in [-0.15, -0.1) is 11.8 Å². The van der Waals surface area contributed by atoms with E-state index in [0.717, 1.165) is 30.5 Å². The lowest BCUT2D eigenvalue weighted by Gasteiger charge is -2.24. The van der Waals surface area contributed by atoms with Crippen molar-refractivity contribution in [3.8, 4) is 0 Å². The summed E-state index contributed by atoms with van der Waals surface area (Å²) in [7, 11) is 0. The number of nitrogens with one attached hydrogen (secondary N) is 1. The van der Waals surface area contributed by atoms with Gasteiger partial charge in [0, 0.05) is 17.8 Å². The summed E-state index contributed by atoms with van der Waals surface area (Å²) in [5.41, 5.74) is 2.24. The van der Waals surface area contributed by atoms with Gasteiger partial charge in [0.15, 0.2) is 0 Å². The van der Waals surface area contributed by atoms with Gasteiger partial charge in [-0.1, -0.05) is 38.0 Å². The number of amides is 2. The molecule has 1 heterocycles. The molecule has 0 aliphatic carbocycles. The van der Waals surface area contributed by atoms with E-state index in [2.05, 4.69) is 12.2 Å². The van der Waals surface area contributed by atoms with Crippen molar-refractivity contribution in [2.45, 2.75) is 38.0 Å². The molecule has 1 aliphatic rings. The van der Waals surface area contributed by atoms with Gasteiger partial charge in [-0.05, 0) is 42.3 Å². The Morgan fingerprint density at radius 3 is 2.70 bits per heavy atom. The molecule has 0 radical (unpaired) electrons. The molecule has 0 spiro atoms. The highest BCUT2D eigenvalue weighted by atomic mass is 32.2. The molecule has 2 aromatic rings. The first-order valence-electron chi connectivity index (χ1n) is 9.17. The Balaban J connectivity index is 1.70. The van der Waals surface area contributed by atoms with Crippen LogP contribution in [0.25, 0.3) is 0 Å². The molecular weight excluding hydrogens is 363 g/mol. The molecule has 3 rings (SSSR count). The fraction of sp³-hybridized carbons (Fsp3) is 0.333. The quantitative estimate of drug-likeness (QED) is 0.672. The molecule has 1 fully saturated rings. The molecule has 1 N–H and O–H groups in total. The standard InChI is InChI=1S/C21H23FN2O2S/c1-2-3-4-8-19(25)23-17-11-9-15(10-12-17)21-24(20(26)14-27-21)18-7-5-6-16(22)13-18/h5-7,9-13,21H,2-4,8,14H2,1H3,(H,23,25). The number of hydrogen-bond acceptors (Lipinski definition) is 3. The summed E-state index contributed by atoms with van der Waals surface area (Å²) in [5, 5.41) is 2.70. The number of thioether (sulfide) groups is 1. The summed E-state index contributed by atoms with van der Waals surface area (Å²) in [6.45, 7) is 2.11. The maximum atomic E-state index is 13.6. The highest BCUT2D eigenvalue weighted by Crippen LogP contribution is 2.42. The second kappa shape index (κ2) is 9.04. The molecule has 142 valence electrons. The van der Waals surface area contributed by atoms with Crippen LogP contribution in [0.5, 0.6) is 0 Å². The van der Waals surface area contributed by atoms with Crippen LogP contribution in [0, 0.1) is 5.82 Å². The number of anilines is 2. The molecule has 6 heteroatoms. The number of halogens is 1. The van der Waals surface area contributed by atoms with Crippen LogP contribution in [0.2, 0.25) is 0 Å². The summed E-state index contributed by atoms with van der Waals surface area (Å²) >= 11 is 1.51. The van der Waals surface area contributed by atoms with Crippen LogP contribution in [-0.4, -0.2) is 17.6 Å². The molecule has 27 heavy (non-hydrogen) atoms. The largest absolute Gasteiger partial charge is 0.326 e. The molecule has 0 aromatic heterocycles. The number of benzene rings is 2. The van der Waals surface area contributed by atoms with Crippen molar-refractivity contribution in [3.05, 3.63) is 59.9 Å². The van der Waals surface area contributed by atoms with Gasteiger partial charge in [-0.3, -0.25) is 14.5 Å². The molecule has 0 saturated carbocycles. The average molecular weight is 386 g/mol.